The van der Waals surface area contributed by atoms with Gasteiger partial charge in [0.25, 0.3) is 0 Å². The van der Waals surface area contributed by atoms with Crippen LogP contribution in [0.2, 0.25) is 0 Å². The molecule has 1 aromatic carbocycles. The second-order valence-corrected chi connectivity index (χ2v) is 4.64. The number of carbonyl (C=O) groups is 1. The lowest BCUT2D eigenvalue weighted by molar-refractivity contribution is 0.0983. The summed E-state index contributed by atoms with van der Waals surface area (Å²) in [7, 11) is 0. The van der Waals surface area contributed by atoms with Crippen LogP contribution in [0, 0.1) is 0 Å². The topological polar surface area (TPSA) is 17.1 Å². The van der Waals surface area contributed by atoms with Gasteiger partial charge in [-0.25, -0.2) is 0 Å². The van der Waals surface area contributed by atoms with Crippen LogP contribution in [-0.4, -0.2) is 5.78 Å². The highest BCUT2D eigenvalue weighted by molar-refractivity contribution is 9.11. The fourth-order valence-corrected chi connectivity index (χ4v) is 2.35. The standard InChI is InChI=1S/C11H10Br2O/c1-2-3-4-11(14)9-6-5-8(12)7-10(9)13/h2,5-7H,1,3-4H2. The molecule has 0 aliphatic carbocycles. The van der Waals surface area contributed by atoms with Crippen molar-refractivity contribution < 1.29 is 4.79 Å². The molecule has 0 bridgehead atoms. The summed E-state index contributed by atoms with van der Waals surface area (Å²) in [6.07, 6.45) is 3.00. The number of allylic oxidation sites excluding steroid dienone is 1. The van der Waals surface area contributed by atoms with E-state index in [-0.39, 0.29) is 5.78 Å². The summed E-state index contributed by atoms with van der Waals surface area (Å²) in [4.78, 5) is 11.6. The first-order chi connectivity index (χ1) is 6.65. The lowest BCUT2D eigenvalue weighted by atomic mass is 10.1. The van der Waals surface area contributed by atoms with E-state index in [1.807, 2.05) is 18.2 Å². The van der Waals surface area contributed by atoms with Crippen LogP contribution in [0.15, 0.2) is 39.8 Å². The zero-order valence-electron chi connectivity index (χ0n) is 7.59. The Kier molecular flexibility index (Phi) is 4.55. The summed E-state index contributed by atoms with van der Waals surface area (Å²) in [6.45, 7) is 3.59. The van der Waals surface area contributed by atoms with Gasteiger partial charge in [0, 0.05) is 20.9 Å². The van der Waals surface area contributed by atoms with Crippen LogP contribution in [0.4, 0.5) is 0 Å². The molecule has 0 unspecified atom stereocenters. The van der Waals surface area contributed by atoms with Crippen molar-refractivity contribution >= 4 is 37.6 Å². The Morgan fingerprint density at radius 2 is 2.14 bits per heavy atom. The van der Waals surface area contributed by atoms with Gasteiger partial charge in [-0.2, -0.15) is 0 Å². The Balaban J connectivity index is 2.84. The SMILES string of the molecule is C=CCCC(=O)c1ccc(Br)cc1Br. The highest BCUT2D eigenvalue weighted by Gasteiger charge is 2.08. The molecule has 0 fully saturated rings. The summed E-state index contributed by atoms with van der Waals surface area (Å²) >= 11 is 6.70. The number of Topliss-reactive ketones (excluding diaryl/α,β-unsaturated/α-hetero) is 1. The van der Waals surface area contributed by atoms with E-state index in [9.17, 15) is 4.79 Å². The molecule has 0 saturated heterocycles. The summed E-state index contributed by atoms with van der Waals surface area (Å²) in [6, 6.07) is 5.56. The van der Waals surface area contributed by atoms with E-state index in [1.165, 1.54) is 0 Å². The van der Waals surface area contributed by atoms with Crippen molar-refractivity contribution in [2.75, 3.05) is 0 Å². The first kappa shape index (κ1) is 11.7. The molecule has 0 N–H and O–H groups in total. The summed E-state index contributed by atoms with van der Waals surface area (Å²) < 4.78 is 1.80. The van der Waals surface area contributed by atoms with Crippen LogP contribution in [0.3, 0.4) is 0 Å². The number of ketones is 1. The average Bonchev–Trinajstić information content (AvgIpc) is 2.14. The molecule has 0 saturated carbocycles. The minimum Gasteiger partial charge on any atom is -0.294 e. The van der Waals surface area contributed by atoms with Crippen LogP contribution < -0.4 is 0 Å². The third kappa shape index (κ3) is 3.07. The summed E-state index contributed by atoms with van der Waals surface area (Å²) in [5.41, 5.74) is 0.732. The van der Waals surface area contributed by atoms with E-state index in [2.05, 4.69) is 38.4 Å². The molecule has 0 aliphatic heterocycles. The molecular formula is C11H10Br2O. The molecule has 3 heteroatoms. The Hall–Kier alpha value is -0.410. The lowest BCUT2D eigenvalue weighted by Gasteiger charge is -2.02. The van der Waals surface area contributed by atoms with Crippen molar-refractivity contribution in [2.45, 2.75) is 12.8 Å². The Labute approximate surface area is 100 Å². The third-order valence-electron chi connectivity index (χ3n) is 1.81. The predicted octanol–water partition coefficient (Wildman–Crippen LogP) is 4.36. The van der Waals surface area contributed by atoms with Gasteiger partial charge in [0.2, 0.25) is 0 Å². The van der Waals surface area contributed by atoms with E-state index < -0.39 is 0 Å². The van der Waals surface area contributed by atoms with E-state index in [1.54, 1.807) is 6.08 Å². The number of benzene rings is 1. The molecule has 0 heterocycles. The van der Waals surface area contributed by atoms with Crippen LogP contribution in [0.25, 0.3) is 0 Å². The van der Waals surface area contributed by atoms with Gasteiger partial charge < -0.3 is 0 Å². The molecule has 0 aliphatic rings. The summed E-state index contributed by atoms with van der Waals surface area (Å²) in [5, 5.41) is 0. The number of hydrogen-bond acceptors (Lipinski definition) is 1. The number of carbonyl (C=O) groups excluding carboxylic acids is 1. The van der Waals surface area contributed by atoms with Gasteiger partial charge in [-0.15, -0.1) is 6.58 Å². The van der Waals surface area contributed by atoms with E-state index in [4.69, 9.17) is 0 Å². The minimum atomic E-state index is 0.143. The van der Waals surface area contributed by atoms with Crippen molar-refractivity contribution in [3.05, 3.63) is 45.4 Å². The van der Waals surface area contributed by atoms with Crippen molar-refractivity contribution in [1.29, 1.82) is 0 Å². The van der Waals surface area contributed by atoms with Crippen molar-refractivity contribution in [3.8, 4) is 0 Å². The monoisotopic (exact) mass is 316 g/mol. The van der Waals surface area contributed by atoms with Gasteiger partial charge in [0.1, 0.15) is 0 Å². The molecule has 1 rings (SSSR count). The largest absolute Gasteiger partial charge is 0.294 e. The smallest absolute Gasteiger partial charge is 0.164 e. The van der Waals surface area contributed by atoms with Gasteiger partial charge >= 0.3 is 0 Å². The average molecular weight is 318 g/mol. The highest BCUT2D eigenvalue weighted by atomic mass is 79.9. The van der Waals surface area contributed by atoms with E-state index >= 15 is 0 Å². The highest BCUT2D eigenvalue weighted by Crippen LogP contribution is 2.23. The predicted molar refractivity (Wildman–Crippen MR) is 65.6 cm³/mol. The third-order valence-corrected chi connectivity index (χ3v) is 2.96. The molecular weight excluding hydrogens is 308 g/mol. The number of rotatable bonds is 4. The maximum Gasteiger partial charge on any atom is 0.164 e. The van der Waals surface area contributed by atoms with E-state index in [0.717, 1.165) is 20.9 Å². The maximum atomic E-state index is 11.6. The second kappa shape index (κ2) is 5.47. The maximum absolute atomic E-state index is 11.6. The van der Waals surface area contributed by atoms with Crippen LogP contribution in [-0.2, 0) is 0 Å². The molecule has 14 heavy (non-hydrogen) atoms. The zero-order chi connectivity index (χ0) is 10.6. The van der Waals surface area contributed by atoms with Crippen molar-refractivity contribution in [1.82, 2.24) is 0 Å². The molecule has 1 aromatic rings. The number of hydrogen-bond donors (Lipinski definition) is 0. The van der Waals surface area contributed by atoms with Crippen LogP contribution in [0.1, 0.15) is 23.2 Å². The van der Waals surface area contributed by atoms with Gasteiger partial charge in [0.15, 0.2) is 5.78 Å². The van der Waals surface area contributed by atoms with Crippen molar-refractivity contribution in [2.24, 2.45) is 0 Å². The lowest BCUT2D eigenvalue weighted by Crippen LogP contribution is -1.99. The molecule has 0 amide bonds. The minimum absolute atomic E-state index is 0.143. The van der Waals surface area contributed by atoms with Crippen molar-refractivity contribution in [3.63, 3.8) is 0 Å². The Morgan fingerprint density at radius 1 is 1.43 bits per heavy atom. The first-order valence-corrected chi connectivity index (χ1v) is 5.83. The molecule has 0 aromatic heterocycles. The quantitative estimate of drug-likeness (QED) is 0.595. The number of halogens is 2. The van der Waals surface area contributed by atoms with Crippen LogP contribution >= 0.6 is 31.9 Å². The summed E-state index contributed by atoms with van der Waals surface area (Å²) in [5.74, 6) is 0.143. The normalized spacial score (nSPS) is 9.86. The Bertz CT molecular complexity index is 358. The molecule has 0 spiro atoms. The Morgan fingerprint density at radius 3 is 2.71 bits per heavy atom. The van der Waals surface area contributed by atoms with Gasteiger partial charge in [-0.05, 0) is 24.6 Å². The second-order valence-electron chi connectivity index (χ2n) is 2.87. The van der Waals surface area contributed by atoms with E-state index in [0.29, 0.717) is 6.42 Å². The fourth-order valence-electron chi connectivity index (χ4n) is 1.08. The van der Waals surface area contributed by atoms with Crippen LogP contribution in [0.5, 0.6) is 0 Å². The van der Waals surface area contributed by atoms with Gasteiger partial charge in [-0.3, -0.25) is 4.79 Å². The molecule has 74 valence electrons. The first-order valence-electron chi connectivity index (χ1n) is 4.24. The molecule has 0 radical (unpaired) electrons. The zero-order valence-corrected chi connectivity index (χ0v) is 10.8. The van der Waals surface area contributed by atoms with Gasteiger partial charge in [0.05, 0.1) is 0 Å². The molecule has 1 nitrogen and oxygen atoms in total. The fraction of sp³-hybridized carbons (Fsp3) is 0.182. The molecule has 0 atom stereocenters. The van der Waals surface area contributed by atoms with Gasteiger partial charge in [-0.1, -0.05) is 37.9 Å².